The van der Waals surface area contributed by atoms with Crippen molar-refractivity contribution in [3.8, 4) is 18.2 Å². The number of terminal acetylenes is 1. The molecule has 4 rings (SSSR count). The smallest absolute Gasteiger partial charge is 0.233 e. The molecule has 0 unspecified atom stereocenters. The predicted molar refractivity (Wildman–Crippen MR) is 121 cm³/mol. The Hall–Kier alpha value is -3.39. The number of aromatic nitrogens is 2. The molecule has 0 amide bonds. The number of nitrogens with zero attached hydrogens (tertiary/aromatic N) is 3. The molecule has 34 heavy (non-hydrogen) atoms. The Labute approximate surface area is 194 Å². The van der Waals surface area contributed by atoms with Crippen LogP contribution in [0.3, 0.4) is 0 Å². The van der Waals surface area contributed by atoms with Crippen LogP contribution in [0.25, 0.3) is 11.9 Å². The van der Waals surface area contributed by atoms with Crippen LogP contribution in [0.4, 0.5) is 13.2 Å². The summed E-state index contributed by atoms with van der Waals surface area (Å²) in [4.78, 5) is 12.1. The maximum Gasteiger partial charge on any atom is 0.233 e. The molecule has 2 N–H and O–H groups in total. The molecule has 1 saturated heterocycles. The number of alkyl halides is 1. The largest absolute Gasteiger partial charge is 0.463 e. The average Bonchev–Trinajstić information content (AvgIpc) is 3.02. The van der Waals surface area contributed by atoms with Gasteiger partial charge in [-0.1, -0.05) is 12.0 Å². The quantitative estimate of drug-likeness (QED) is 0.624. The molecule has 1 aromatic heterocycles. The number of hydrogen-bond donors (Lipinski definition) is 1. The number of rotatable bonds is 6. The highest BCUT2D eigenvalue weighted by Crippen LogP contribution is 2.51. The van der Waals surface area contributed by atoms with Gasteiger partial charge in [-0.05, 0) is 43.5 Å². The van der Waals surface area contributed by atoms with Gasteiger partial charge in [0.25, 0.3) is 0 Å². The van der Waals surface area contributed by atoms with Gasteiger partial charge in [-0.2, -0.15) is 0 Å². The summed E-state index contributed by atoms with van der Waals surface area (Å²) in [5, 5.41) is -1.16. The lowest BCUT2D eigenvalue weighted by Crippen LogP contribution is -2.58. The summed E-state index contributed by atoms with van der Waals surface area (Å²) in [5.41, 5.74) is 4.39. The van der Waals surface area contributed by atoms with Crippen molar-refractivity contribution in [1.29, 1.82) is 0 Å². The Morgan fingerprint density at radius 2 is 2.15 bits per heavy atom. The molecule has 2 aliphatic heterocycles. The van der Waals surface area contributed by atoms with Gasteiger partial charge in [-0.15, -0.1) is 6.42 Å². The van der Waals surface area contributed by atoms with E-state index in [9.17, 15) is 21.6 Å². The fourth-order valence-corrected chi connectivity index (χ4v) is 7.18. The van der Waals surface area contributed by atoms with Crippen molar-refractivity contribution in [2.24, 2.45) is 10.7 Å². The maximum absolute atomic E-state index is 14.9. The first-order chi connectivity index (χ1) is 16.1. The van der Waals surface area contributed by atoms with E-state index in [1.807, 2.05) is 0 Å². The fraction of sp³-hybridized carbons (Fsp3) is 0.348. The SMILES string of the molecule is C#CCOc1cnc(/C(F)=C/c2ccc(F)c([C@@]3(C)N=C(N)[C@]4(CF)CC[C@@H]3S4(=O)=O)c2)cn1. The molecule has 7 nitrogen and oxygen atoms in total. The summed E-state index contributed by atoms with van der Waals surface area (Å²) in [6.45, 7) is 0.235. The minimum Gasteiger partial charge on any atom is -0.463 e. The molecule has 0 radical (unpaired) electrons. The van der Waals surface area contributed by atoms with Crippen LogP contribution in [0.5, 0.6) is 5.88 Å². The third kappa shape index (κ3) is 3.53. The fourth-order valence-electron chi connectivity index (χ4n) is 4.53. The zero-order valence-electron chi connectivity index (χ0n) is 18.1. The van der Waals surface area contributed by atoms with E-state index in [0.29, 0.717) is 0 Å². The summed E-state index contributed by atoms with van der Waals surface area (Å²) in [6.07, 6.45) is 8.60. The van der Waals surface area contributed by atoms with Gasteiger partial charge in [-0.3, -0.25) is 4.99 Å². The van der Waals surface area contributed by atoms with E-state index in [1.54, 1.807) is 0 Å². The first-order valence-corrected chi connectivity index (χ1v) is 11.8. The van der Waals surface area contributed by atoms with Gasteiger partial charge >= 0.3 is 0 Å². The first kappa shape index (κ1) is 23.8. The summed E-state index contributed by atoms with van der Waals surface area (Å²) < 4.78 is 73.1. The lowest BCUT2D eigenvalue weighted by Gasteiger charge is -2.39. The Balaban J connectivity index is 1.72. The highest BCUT2D eigenvalue weighted by atomic mass is 32.2. The van der Waals surface area contributed by atoms with Crippen molar-refractivity contribution >= 4 is 27.6 Å². The number of halogens is 3. The van der Waals surface area contributed by atoms with Gasteiger partial charge in [0.15, 0.2) is 27.0 Å². The Morgan fingerprint density at radius 1 is 1.38 bits per heavy atom. The van der Waals surface area contributed by atoms with Gasteiger partial charge < -0.3 is 10.5 Å². The normalized spacial score (nSPS) is 27.7. The van der Waals surface area contributed by atoms with Gasteiger partial charge in [-0.25, -0.2) is 31.6 Å². The van der Waals surface area contributed by atoms with Crippen LogP contribution in [-0.2, 0) is 15.4 Å². The summed E-state index contributed by atoms with van der Waals surface area (Å²) in [7, 11) is -4.08. The molecule has 3 atom stereocenters. The molecule has 2 bridgehead atoms. The molecule has 1 fully saturated rings. The molecule has 11 heteroatoms. The van der Waals surface area contributed by atoms with E-state index >= 15 is 0 Å². The molecule has 0 saturated carbocycles. The molecule has 3 heterocycles. The minimum absolute atomic E-state index is 0.0143. The van der Waals surface area contributed by atoms with E-state index in [1.165, 1.54) is 25.3 Å². The molecule has 1 aromatic carbocycles. The third-order valence-corrected chi connectivity index (χ3v) is 9.45. The van der Waals surface area contributed by atoms with Crippen molar-refractivity contribution in [3.63, 3.8) is 0 Å². The second kappa shape index (κ2) is 8.43. The predicted octanol–water partition coefficient (Wildman–Crippen LogP) is 2.97. The Bertz CT molecular complexity index is 1340. The van der Waals surface area contributed by atoms with Crippen molar-refractivity contribution in [1.82, 2.24) is 9.97 Å². The van der Waals surface area contributed by atoms with Crippen LogP contribution < -0.4 is 10.5 Å². The van der Waals surface area contributed by atoms with Gasteiger partial charge in [0.2, 0.25) is 5.88 Å². The van der Waals surface area contributed by atoms with E-state index in [-0.39, 0.29) is 48.0 Å². The zero-order chi connectivity index (χ0) is 24.7. The van der Waals surface area contributed by atoms with Crippen LogP contribution >= 0.6 is 0 Å². The number of sulfone groups is 1. The average molecular weight is 491 g/mol. The number of ether oxygens (including phenoxy) is 1. The van der Waals surface area contributed by atoms with Gasteiger partial charge in [0.1, 0.15) is 29.6 Å². The number of benzene rings is 1. The second-order valence-corrected chi connectivity index (χ2v) is 10.7. The summed E-state index contributed by atoms with van der Waals surface area (Å²) in [6, 6.07) is 3.72. The van der Waals surface area contributed by atoms with Crippen molar-refractivity contribution < 1.29 is 26.3 Å². The maximum atomic E-state index is 14.9. The molecule has 178 valence electrons. The van der Waals surface area contributed by atoms with Crippen molar-refractivity contribution in [3.05, 3.63) is 53.2 Å². The molecule has 0 aliphatic carbocycles. The van der Waals surface area contributed by atoms with Crippen LogP contribution in [0.1, 0.15) is 36.6 Å². The number of hydrogen-bond acceptors (Lipinski definition) is 7. The van der Waals surface area contributed by atoms with Crippen LogP contribution in [0.2, 0.25) is 0 Å². The zero-order valence-corrected chi connectivity index (χ0v) is 18.9. The molecule has 0 spiro atoms. The van der Waals surface area contributed by atoms with Crippen molar-refractivity contribution in [2.75, 3.05) is 13.3 Å². The summed E-state index contributed by atoms with van der Waals surface area (Å²) in [5.74, 6) is 0.518. The Kier molecular flexibility index (Phi) is 5.89. The van der Waals surface area contributed by atoms with E-state index in [2.05, 4.69) is 20.9 Å². The molecular formula is C23H21F3N4O3S. The standard InChI is InChI=1S/C23H21F3N4O3S/c1-3-8-33-20-12-28-18(11-29-20)17(26)10-14-4-5-16(25)15(9-14)22(2)19-6-7-23(13-24,21(27)30-22)34(19,31)32/h1,4-5,9-12,19H,6-8,13H2,2H3,(H2,27,30)/b17-10-/t19-,22+,23+/m0/s1. The van der Waals surface area contributed by atoms with E-state index in [4.69, 9.17) is 16.9 Å². The molecule has 2 aliphatic rings. The molecule has 2 aromatic rings. The van der Waals surface area contributed by atoms with Gasteiger partial charge in [0.05, 0.1) is 17.6 Å². The first-order valence-electron chi connectivity index (χ1n) is 10.3. The van der Waals surface area contributed by atoms with E-state index < -0.39 is 43.7 Å². The lowest BCUT2D eigenvalue weighted by molar-refractivity contribution is 0.353. The number of aliphatic imine (C=N–C) groups is 1. The Morgan fingerprint density at radius 3 is 2.79 bits per heavy atom. The highest BCUT2D eigenvalue weighted by molar-refractivity contribution is 7.94. The summed E-state index contributed by atoms with van der Waals surface area (Å²) >= 11 is 0. The molecular weight excluding hydrogens is 469 g/mol. The van der Waals surface area contributed by atoms with Crippen LogP contribution in [0, 0.1) is 18.2 Å². The topological polar surface area (TPSA) is 108 Å². The van der Waals surface area contributed by atoms with Crippen LogP contribution in [0.15, 0.2) is 35.6 Å². The third-order valence-electron chi connectivity index (χ3n) is 6.40. The number of amidine groups is 1. The number of fused-ring (bicyclic) bond motifs is 2. The monoisotopic (exact) mass is 490 g/mol. The minimum atomic E-state index is -4.08. The van der Waals surface area contributed by atoms with E-state index in [0.717, 1.165) is 18.3 Å². The van der Waals surface area contributed by atoms with Crippen LogP contribution in [-0.4, -0.2) is 47.5 Å². The lowest BCUT2D eigenvalue weighted by atomic mass is 9.86. The van der Waals surface area contributed by atoms with Crippen molar-refractivity contribution in [2.45, 2.75) is 35.3 Å². The second-order valence-electron chi connectivity index (χ2n) is 8.31. The van der Waals surface area contributed by atoms with Gasteiger partial charge in [0, 0.05) is 5.56 Å². The number of nitrogens with two attached hydrogens (primary N) is 1. The highest BCUT2D eigenvalue weighted by Gasteiger charge is 2.65.